The molecule has 0 saturated heterocycles. The lowest BCUT2D eigenvalue weighted by Gasteiger charge is -2.32. The first-order valence-corrected chi connectivity index (χ1v) is 29.3. The van der Waals surface area contributed by atoms with Gasteiger partial charge in [-0.3, -0.25) is 0 Å². The quantitative estimate of drug-likeness (QED) is 0.141. The topological polar surface area (TPSA) is 18.5 Å². The van der Waals surface area contributed by atoms with Gasteiger partial charge in [0.05, 0.1) is 14.2 Å². The van der Waals surface area contributed by atoms with Crippen molar-refractivity contribution in [3.05, 3.63) is 237 Å². The first-order valence-electron chi connectivity index (χ1n) is 26.7. The Morgan fingerprint density at radius 2 is 0.473 bits per heavy atom. The molecular weight excluding hydrogens is 935 g/mol. The van der Waals surface area contributed by atoms with E-state index in [9.17, 15) is 0 Å². The van der Waals surface area contributed by atoms with Gasteiger partial charge in [-0.05, 0) is 136 Å². The molecule has 0 amide bonds. The second-order valence-electron chi connectivity index (χ2n) is 24.7. The van der Waals surface area contributed by atoms with Crippen LogP contribution >= 0.6 is 15.8 Å². The Morgan fingerprint density at radius 1 is 0.284 bits per heavy atom. The maximum Gasteiger partial charge on any atom is 0.125 e. The number of rotatable bonds is 8. The van der Waals surface area contributed by atoms with Crippen molar-refractivity contribution in [2.24, 2.45) is 0 Å². The van der Waals surface area contributed by atoms with E-state index in [0.717, 1.165) is 37.2 Å². The van der Waals surface area contributed by atoms with Crippen LogP contribution in [0.3, 0.4) is 0 Å². The Hall–Kier alpha value is -5.78. The molecule has 1 aliphatic rings. The lowest BCUT2D eigenvalue weighted by atomic mass is 9.79. The third-order valence-corrected chi connectivity index (χ3v) is 20.2. The van der Waals surface area contributed by atoms with Gasteiger partial charge in [0.2, 0.25) is 0 Å². The number of methoxy groups -OCH3 is 2. The van der Waals surface area contributed by atoms with Crippen molar-refractivity contribution in [2.45, 2.75) is 130 Å². The fraction of sp³-hybridized carbons (Fsp3) is 0.314. The van der Waals surface area contributed by atoms with E-state index < -0.39 is 15.8 Å². The molecule has 0 fully saturated rings. The lowest BCUT2D eigenvalue weighted by molar-refractivity contribution is 0.405. The molecule has 74 heavy (non-hydrogen) atoms. The van der Waals surface area contributed by atoms with Crippen LogP contribution in [0.15, 0.2) is 170 Å². The van der Waals surface area contributed by atoms with Gasteiger partial charge < -0.3 is 9.47 Å². The zero-order valence-corrected chi connectivity index (χ0v) is 48.5. The summed E-state index contributed by atoms with van der Waals surface area (Å²) >= 11 is 0. The number of hydrogen-bond acceptors (Lipinski definition) is 2. The highest BCUT2D eigenvalue weighted by molar-refractivity contribution is 7.80. The Balaban J connectivity index is 1.47. The van der Waals surface area contributed by atoms with Crippen LogP contribution < -0.4 is 41.3 Å². The maximum atomic E-state index is 6.87. The van der Waals surface area contributed by atoms with Gasteiger partial charge in [-0.2, -0.15) is 0 Å². The molecule has 0 spiro atoms. The predicted octanol–water partition coefficient (Wildman–Crippen LogP) is 15.1. The Kier molecular flexibility index (Phi) is 15.1. The minimum absolute atomic E-state index is 0.115. The summed E-state index contributed by atoms with van der Waals surface area (Å²) in [6.07, 6.45) is 2.87. The summed E-state index contributed by atoms with van der Waals surface area (Å²) in [5, 5.41) is 8.22. The molecule has 9 rings (SSSR count). The fourth-order valence-corrected chi connectivity index (χ4v) is 16.1. The van der Waals surface area contributed by atoms with Crippen molar-refractivity contribution in [3.63, 3.8) is 0 Å². The molecule has 0 aromatic heterocycles. The van der Waals surface area contributed by atoms with Crippen LogP contribution in [-0.2, 0) is 47.3 Å². The fourth-order valence-electron chi connectivity index (χ4n) is 10.9. The third-order valence-electron chi connectivity index (χ3n) is 14.9. The predicted molar refractivity (Wildman–Crippen MR) is 322 cm³/mol. The largest absolute Gasteiger partial charge is 0.496 e. The minimum Gasteiger partial charge on any atom is -0.496 e. The molecule has 4 heteroatoms. The van der Waals surface area contributed by atoms with Gasteiger partial charge in [0, 0.05) is 25.7 Å². The summed E-state index contributed by atoms with van der Waals surface area (Å²) in [6, 6.07) is 65.3. The lowest BCUT2D eigenvalue weighted by Crippen LogP contribution is -2.29. The van der Waals surface area contributed by atoms with E-state index in [4.69, 9.17) is 9.47 Å². The Labute approximate surface area is 447 Å². The Morgan fingerprint density at radius 3 is 0.649 bits per heavy atom. The molecule has 0 radical (unpaired) electrons. The highest BCUT2D eigenvalue weighted by Crippen LogP contribution is 2.45. The van der Waals surface area contributed by atoms with E-state index in [-0.39, 0.29) is 21.7 Å². The van der Waals surface area contributed by atoms with Gasteiger partial charge in [0.15, 0.2) is 0 Å². The number of hydrogen-bond donors (Lipinski definition) is 0. The smallest absolute Gasteiger partial charge is 0.125 e. The standard InChI is InChI=1S/C70H78O2P2/c1-67(2,3)55-39-47-35-51-43-57(69(7,8)9)45-53(65(51)73(59-27-19-15-20-28-59)60-29-21-16-22-30-60)37-49-41-56(68(4,5)6)42-50(64(49)72-14)38-54-46-58(70(10,11)12)44-52(36-48(40-55)63(47)71-13)66(54)74(61-31-23-17-24-32-61)62-33-25-18-26-34-62/h15-34,39-46H,35-38H2,1-14H3. The van der Waals surface area contributed by atoms with Crippen LogP contribution in [0.2, 0.25) is 0 Å². The summed E-state index contributed by atoms with van der Waals surface area (Å²) in [6.45, 7) is 28.4. The molecule has 2 nitrogen and oxygen atoms in total. The molecule has 1 aliphatic carbocycles. The van der Waals surface area contributed by atoms with Crippen LogP contribution in [0.25, 0.3) is 0 Å². The van der Waals surface area contributed by atoms with Crippen LogP contribution in [0.4, 0.5) is 0 Å². The second-order valence-corrected chi connectivity index (χ2v) is 29.0. The summed E-state index contributed by atoms with van der Waals surface area (Å²) in [5.41, 5.74) is 15.2. The van der Waals surface area contributed by atoms with Crippen molar-refractivity contribution in [1.29, 1.82) is 0 Å². The molecule has 8 aromatic carbocycles. The number of ether oxygens (including phenoxy) is 2. The number of benzene rings is 8. The maximum absolute atomic E-state index is 6.87. The van der Waals surface area contributed by atoms with E-state index in [1.807, 2.05) is 14.2 Å². The first-order chi connectivity index (χ1) is 35.1. The summed E-state index contributed by atoms with van der Waals surface area (Å²) in [7, 11) is 1.77. The first kappa shape index (κ1) is 53.1. The van der Waals surface area contributed by atoms with Crippen LogP contribution in [0, 0.1) is 0 Å². The van der Waals surface area contributed by atoms with Gasteiger partial charge in [0.25, 0.3) is 0 Å². The summed E-state index contributed by atoms with van der Waals surface area (Å²) in [4.78, 5) is 0. The van der Waals surface area contributed by atoms with Crippen LogP contribution in [0.5, 0.6) is 11.5 Å². The van der Waals surface area contributed by atoms with Gasteiger partial charge in [-0.15, -0.1) is 0 Å². The Bertz CT molecular complexity index is 2860. The highest BCUT2D eigenvalue weighted by Gasteiger charge is 2.33. The monoisotopic (exact) mass is 1010 g/mol. The van der Waals surface area contributed by atoms with Gasteiger partial charge in [-0.25, -0.2) is 0 Å². The average Bonchev–Trinajstić information content (AvgIpc) is 3.35. The van der Waals surface area contributed by atoms with E-state index in [1.54, 1.807) is 0 Å². The van der Waals surface area contributed by atoms with E-state index in [0.29, 0.717) is 0 Å². The molecule has 8 aromatic rings. The van der Waals surface area contributed by atoms with Crippen molar-refractivity contribution in [1.82, 2.24) is 0 Å². The van der Waals surface area contributed by atoms with Crippen molar-refractivity contribution < 1.29 is 9.47 Å². The van der Waals surface area contributed by atoms with Crippen LogP contribution in [0.1, 0.15) is 150 Å². The molecule has 0 aliphatic heterocycles. The normalized spacial score (nSPS) is 13.3. The van der Waals surface area contributed by atoms with E-state index >= 15 is 0 Å². The SMILES string of the molecule is COc1c2cc(C(C)(C)C)cc1Cc1cc(C(C)(C)C)cc(c1P(c1ccccc1)c1ccccc1)Cc1cc(C(C)(C)C)cc(c1OC)Cc1cc(C(C)(C)C)cc(c1P(c1ccccc1)c1ccccc1)C2. The van der Waals surface area contributed by atoms with E-state index in [2.05, 4.69) is 253 Å². The highest BCUT2D eigenvalue weighted by atomic mass is 31.1. The van der Waals surface area contributed by atoms with Gasteiger partial charge in [0.1, 0.15) is 11.5 Å². The molecule has 0 saturated carbocycles. The number of fused-ring (bicyclic) bond motifs is 8. The third kappa shape index (κ3) is 11.3. The van der Waals surface area contributed by atoms with E-state index in [1.165, 1.54) is 98.6 Å². The van der Waals surface area contributed by atoms with Crippen molar-refractivity contribution >= 4 is 47.7 Å². The average molecular weight is 1010 g/mol. The molecular formula is C70H78O2P2. The second kappa shape index (κ2) is 21.1. The minimum atomic E-state index is -1.02. The molecule has 0 atom stereocenters. The zero-order chi connectivity index (χ0) is 52.7. The molecule has 380 valence electrons. The van der Waals surface area contributed by atoms with Crippen LogP contribution in [-0.4, -0.2) is 14.2 Å². The zero-order valence-electron chi connectivity index (χ0n) is 46.7. The molecule has 8 bridgehead atoms. The molecule has 0 heterocycles. The molecule has 0 N–H and O–H groups in total. The summed E-state index contributed by atoms with van der Waals surface area (Å²) < 4.78 is 13.7. The van der Waals surface area contributed by atoms with Gasteiger partial charge in [-0.1, -0.05) is 253 Å². The van der Waals surface area contributed by atoms with Crippen molar-refractivity contribution in [3.8, 4) is 11.5 Å². The van der Waals surface area contributed by atoms with Crippen molar-refractivity contribution in [2.75, 3.05) is 14.2 Å². The summed E-state index contributed by atoms with van der Waals surface area (Å²) in [5.74, 6) is 1.98. The molecule has 0 unspecified atom stereocenters. The van der Waals surface area contributed by atoms with Gasteiger partial charge >= 0.3 is 0 Å².